The molecule has 110 valence electrons. The average molecular weight is 282 g/mol. The van der Waals surface area contributed by atoms with E-state index in [0.717, 1.165) is 25.5 Å². The molecule has 1 saturated carbocycles. The third kappa shape index (κ3) is 3.32. The molecule has 1 aliphatic rings. The highest BCUT2D eigenvalue weighted by molar-refractivity contribution is 5.76. The Morgan fingerprint density at radius 2 is 2.35 bits per heavy atom. The molecule has 1 aromatic heterocycles. The van der Waals surface area contributed by atoms with Gasteiger partial charge in [-0.3, -0.25) is 19.6 Å². The standard InChI is InChI=1S/C12H18N4O4/c17-6-2-5-15(10-3-1-4-10)12(18)9-14-8-11(7-13-14)16(19)20/h7-8,10,17H,1-6,9H2. The van der Waals surface area contributed by atoms with Crippen molar-refractivity contribution >= 4 is 11.6 Å². The van der Waals surface area contributed by atoms with Gasteiger partial charge in [-0.1, -0.05) is 0 Å². The maximum Gasteiger partial charge on any atom is 0.307 e. The van der Waals surface area contributed by atoms with Crippen molar-refractivity contribution in [1.29, 1.82) is 0 Å². The molecule has 8 nitrogen and oxygen atoms in total. The number of amides is 1. The van der Waals surface area contributed by atoms with Crippen LogP contribution in [-0.2, 0) is 11.3 Å². The smallest absolute Gasteiger partial charge is 0.307 e. The van der Waals surface area contributed by atoms with E-state index in [4.69, 9.17) is 5.11 Å². The molecule has 0 saturated heterocycles. The lowest BCUT2D eigenvalue weighted by Gasteiger charge is -2.37. The van der Waals surface area contributed by atoms with Crippen LogP contribution in [0.15, 0.2) is 12.4 Å². The summed E-state index contributed by atoms with van der Waals surface area (Å²) in [5.41, 5.74) is -0.122. The van der Waals surface area contributed by atoms with Gasteiger partial charge in [-0.05, 0) is 25.7 Å². The molecule has 0 aliphatic heterocycles. The van der Waals surface area contributed by atoms with E-state index >= 15 is 0 Å². The second-order valence-corrected chi connectivity index (χ2v) is 4.90. The van der Waals surface area contributed by atoms with Crippen LogP contribution in [0.1, 0.15) is 25.7 Å². The number of aliphatic hydroxyl groups is 1. The first-order valence-corrected chi connectivity index (χ1v) is 6.69. The van der Waals surface area contributed by atoms with Gasteiger partial charge in [-0.15, -0.1) is 0 Å². The summed E-state index contributed by atoms with van der Waals surface area (Å²) in [4.78, 5) is 24.0. The van der Waals surface area contributed by atoms with E-state index in [1.165, 1.54) is 10.9 Å². The minimum atomic E-state index is -0.538. The summed E-state index contributed by atoms with van der Waals surface area (Å²) in [5, 5.41) is 23.3. The Labute approximate surface area is 116 Å². The zero-order valence-corrected chi connectivity index (χ0v) is 11.1. The molecule has 0 unspecified atom stereocenters. The van der Waals surface area contributed by atoms with Crippen LogP contribution in [-0.4, -0.2) is 49.8 Å². The second kappa shape index (κ2) is 6.47. The minimum Gasteiger partial charge on any atom is -0.396 e. The van der Waals surface area contributed by atoms with Crippen LogP contribution in [0.2, 0.25) is 0 Å². The molecule has 2 rings (SSSR count). The number of nitrogens with zero attached hydrogens (tertiary/aromatic N) is 4. The first kappa shape index (κ1) is 14.4. The third-order valence-electron chi connectivity index (χ3n) is 3.52. The largest absolute Gasteiger partial charge is 0.396 e. The Kier molecular flexibility index (Phi) is 4.67. The molecule has 8 heteroatoms. The molecule has 20 heavy (non-hydrogen) atoms. The monoisotopic (exact) mass is 282 g/mol. The first-order valence-electron chi connectivity index (χ1n) is 6.69. The maximum atomic E-state index is 12.2. The van der Waals surface area contributed by atoms with Crippen molar-refractivity contribution in [3.05, 3.63) is 22.5 Å². The Morgan fingerprint density at radius 3 is 2.85 bits per heavy atom. The molecule has 1 N–H and O–H groups in total. The van der Waals surface area contributed by atoms with E-state index in [1.807, 2.05) is 0 Å². The van der Waals surface area contributed by atoms with Gasteiger partial charge in [0, 0.05) is 19.2 Å². The van der Waals surface area contributed by atoms with Crippen molar-refractivity contribution in [2.75, 3.05) is 13.2 Å². The van der Waals surface area contributed by atoms with Crippen LogP contribution >= 0.6 is 0 Å². The first-order chi connectivity index (χ1) is 9.61. The number of rotatable bonds is 7. The molecule has 0 atom stereocenters. The van der Waals surface area contributed by atoms with Crippen LogP contribution < -0.4 is 0 Å². The van der Waals surface area contributed by atoms with Crippen molar-refractivity contribution in [3.63, 3.8) is 0 Å². The van der Waals surface area contributed by atoms with Crippen LogP contribution in [0.4, 0.5) is 5.69 Å². The lowest BCUT2D eigenvalue weighted by molar-refractivity contribution is -0.385. The molecule has 1 fully saturated rings. The quantitative estimate of drug-likeness (QED) is 0.581. The van der Waals surface area contributed by atoms with Crippen molar-refractivity contribution in [1.82, 2.24) is 14.7 Å². The van der Waals surface area contributed by atoms with E-state index in [9.17, 15) is 14.9 Å². The van der Waals surface area contributed by atoms with Crippen LogP contribution in [0.5, 0.6) is 0 Å². The molecular weight excluding hydrogens is 264 g/mol. The molecule has 1 aliphatic carbocycles. The summed E-state index contributed by atoms with van der Waals surface area (Å²) >= 11 is 0. The Bertz CT molecular complexity index is 484. The zero-order valence-electron chi connectivity index (χ0n) is 11.1. The van der Waals surface area contributed by atoms with Gasteiger partial charge in [0.05, 0.1) is 4.92 Å². The summed E-state index contributed by atoms with van der Waals surface area (Å²) in [6.45, 7) is 0.558. The van der Waals surface area contributed by atoms with Gasteiger partial charge in [0.2, 0.25) is 5.91 Å². The fraction of sp³-hybridized carbons (Fsp3) is 0.667. The Morgan fingerprint density at radius 1 is 1.60 bits per heavy atom. The van der Waals surface area contributed by atoms with E-state index in [2.05, 4.69) is 5.10 Å². The van der Waals surface area contributed by atoms with Gasteiger partial charge in [0.25, 0.3) is 0 Å². The number of aromatic nitrogens is 2. The van der Waals surface area contributed by atoms with Crippen molar-refractivity contribution in [3.8, 4) is 0 Å². The average Bonchev–Trinajstić information content (AvgIpc) is 2.80. The fourth-order valence-electron chi connectivity index (χ4n) is 2.21. The Balaban J connectivity index is 1.97. The van der Waals surface area contributed by atoms with Gasteiger partial charge in [-0.2, -0.15) is 5.10 Å². The van der Waals surface area contributed by atoms with Gasteiger partial charge in [0.1, 0.15) is 18.9 Å². The van der Waals surface area contributed by atoms with E-state index in [1.54, 1.807) is 4.90 Å². The minimum absolute atomic E-state index is 0.00420. The lowest BCUT2D eigenvalue weighted by Crippen LogP contribution is -2.46. The maximum absolute atomic E-state index is 12.2. The second-order valence-electron chi connectivity index (χ2n) is 4.90. The Hall–Kier alpha value is -1.96. The zero-order chi connectivity index (χ0) is 14.5. The number of nitro groups is 1. The van der Waals surface area contributed by atoms with Gasteiger partial charge in [0.15, 0.2) is 0 Å². The normalized spacial score (nSPS) is 14.8. The molecular formula is C12H18N4O4. The van der Waals surface area contributed by atoms with E-state index in [-0.39, 0.29) is 30.8 Å². The van der Waals surface area contributed by atoms with Crippen LogP contribution in [0.3, 0.4) is 0 Å². The summed E-state index contributed by atoms with van der Waals surface area (Å²) < 4.78 is 1.28. The van der Waals surface area contributed by atoms with E-state index < -0.39 is 4.92 Å². The van der Waals surface area contributed by atoms with Crippen molar-refractivity contribution < 1.29 is 14.8 Å². The van der Waals surface area contributed by atoms with Gasteiger partial charge in [-0.25, -0.2) is 0 Å². The molecule has 1 heterocycles. The molecule has 0 bridgehead atoms. The van der Waals surface area contributed by atoms with Crippen molar-refractivity contribution in [2.24, 2.45) is 0 Å². The SMILES string of the molecule is O=C(Cn1cc([N+](=O)[O-])cn1)N(CCCO)C1CCC1. The molecule has 1 aromatic rings. The lowest BCUT2D eigenvalue weighted by atomic mass is 9.91. The fourth-order valence-corrected chi connectivity index (χ4v) is 2.21. The predicted octanol–water partition coefficient (Wildman–Crippen LogP) is 0.555. The number of hydrogen-bond acceptors (Lipinski definition) is 5. The highest BCUT2D eigenvalue weighted by Gasteiger charge is 2.28. The van der Waals surface area contributed by atoms with Gasteiger partial charge >= 0.3 is 5.69 Å². The van der Waals surface area contributed by atoms with Gasteiger partial charge < -0.3 is 10.0 Å². The number of carbonyl (C=O) groups excluding carboxylic acids is 1. The summed E-state index contributed by atoms with van der Waals surface area (Å²) in [7, 11) is 0. The number of hydrogen-bond donors (Lipinski definition) is 1. The van der Waals surface area contributed by atoms with Crippen LogP contribution in [0, 0.1) is 10.1 Å². The molecule has 0 spiro atoms. The van der Waals surface area contributed by atoms with Crippen molar-refractivity contribution in [2.45, 2.75) is 38.3 Å². The third-order valence-corrected chi connectivity index (χ3v) is 3.52. The molecule has 0 radical (unpaired) electrons. The molecule has 0 aromatic carbocycles. The highest BCUT2D eigenvalue weighted by atomic mass is 16.6. The number of aliphatic hydroxyl groups excluding tert-OH is 1. The summed E-state index contributed by atoms with van der Waals surface area (Å²) in [6, 6.07) is 0.236. The van der Waals surface area contributed by atoms with Crippen LogP contribution in [0.25, 0.3) is 0 Å². The summed E-state index contributed by atoms with van der Waals surface area (Å²) in [6.07, 6.45) is 6.01. The van der Waals surface area contributed by atoms with E-state index in [0.29, 0.717) is 13.0 Å². The highest BCUT2D eigenvalue weighted by Crippen LogP contribution is 2.25. The topological polar surface area (TPSA) is 102 Å². The molecule has 1 amide bonds. The number of carbonyl (C=O) groups is 1. The summed E-state index contributed by atoms with van der Waals surface area (Å²) in [5.74, 6) is -0.110. The predicted molar refractivity (Wildman–Crippen MR) is 69.9 cm³/mol.